The van der Waals surface area contributed by atoms with E-state index < -0.39 is 16.6 Å². The Morgan fingerprint density at radius 1 is 1.00 bits per heavy atom. The zero-order valence-corrected chi connectivity index (χ0v) is 15.8. The summed E-state index contributed by atoms with van der Waals surface area (Å²) in [6.07, 6.45) is 0.334. The molecule has 100 valence electrons. The first-order valence-corrected chi connectivity index (χ1v) is 14.9. The molecule has 0 aliphatic rings. The van der Waals surface area contributed by atoms with Gasteiger partial charge in [0.2, 0.25) is 9.76 Å². The van der Waals surface area contributed by atoms with Crippen LogP contribution in [0.3, 0.4) is 0 Å². The van der Waals surface area contributed by atoms with E-state index in [2.05, 4.69) is 26.2 Å². The van der Waals surface area contributed by atoms with Crippen molar-refractivity contribution in [3.8, 4) is 0 Å². The number of aliphatic hydroxyl groups excluding tert-OH is 1. The van der Waals surface area contributed by atoms with Gasteiger partial charge in [-0.1, -0.05) is 6.04 Å². The van der Waals surface area contributed by atoms with Gasteiger partial charge in [0.1, 0.15) is 0 Å². The van der Waals surface area contributed by atoms with Gasteiger partial charge < -0.3 is 13.6 Å². The summed E-state index contributed by atoms with van der Waals surface area (Å²) in [4.78, 5) is 0. The number of aliphatic hydroxyl groups is 1. The molecular weight excluding hydrogens is 280 g/mol. The van der Waals surface area contributed by atoms with Crippen molar-refractivity contribution < 1.29 is 13.6 Å². The quantitative estimate of drug-likeness (QED) is 0.496. The summed E-state index contributed by atoms with van der Waals surface area (Å²) in [5.74, 6) is 0. The highest BCUT2D eigenvalue weighted by Gasteiger charge is 2.32. The van der Waals surface area contributed by atoms with Crippen molar-refractivity contribution in [2.75, 3.05) is 13.3 Å². The fourth-order valence-corrected chi connectivity index (χ4v) is 14.9. The summed E-state index contributed by atoms with van der Waals surface area (Å²) in [5, 5.41) is 8.82. The minimum atomic E-state index is -1.52. The predicted molar refractivity (Wildman–Crippen MR) is 80.9 cm³/mol. The molecule has 0 saturated carbocycles. The van der Waals surface area contributed by atoms with E-state index in [1.165, 1.54) is 12.1 Å². The van der Waals surface area contributed by atoms with Crippen LogP contribution in [0.5, 0.6) is 0 Å². The normalized spacial score (nSPS) is 13.1. The molecule has 0 spiro atoms. The predicted octanol–water partition coefficient (Wildman–Crippen LogP) is 2.17. The van der Waals surface area contributed by atoms with Crippen LogP contribution in [0.1, 0.15) is 0 Å². The average molecular weight is 307 g/mol. The second-order valence-electron chi connectivity index (χ2n) is 5.38. The van der Waals surface area contributed by atoms with Gasteiger partial charge in [0.25, 0.3) is 0 Å². The third-order valence-corrected chi connectivity index (χ3v) is 12.4. The Bertz CT molecular complexity index is 180. The summed E-state index contributed by atoms with van der Waals surface area (Å²) < 4.78 is 11.6. The first-order valence-electron chi connectivity index (χ1n) is 6.10. The van der Waals surface area contributed by atoms with Crippen molar-refractivity contribution in [1.29, 1.82) is 0 Å². The van der Waals surface area contributed by atoms with Crippen LogP contribution in [-0.4, -0.2) is 54.4 Å². The smallest absolute Gasteiger partial charge is 0.228 e. The van der Waals surface area contributed by atoms with Gasteiger partial charge in [0, 0.05) is 13.3 Å². The Kier molecular flexibility index (Phi) is 9.17. The molecule has 3 nitrogen and oxygen atoms in total. The second kappa shape index (κ2) is 8.78. The van der Waals surface area contributed by atoms with Gasteiger partial charge >= 0.3 is 0 Å². The van der Waals surface area contributed by atoms with Crippen LogP contribution >= 0.6 is 0 Å². The molecule has 0 amide bonds. The number of hydrogen-bond acceptors (Lipinski definition) is 3. The monoisotopic (exact) mass is 306 g/mol. The Labute approximate surface area is 113 Å². The van der Waals surface area contributed by atoms with Gasteiger partial charge in [-0.05, 0) is 44.3 Å². The molecule has 0 aliphatic carbocycles. The van der Waals surface area contributed by atoms with E-state index in [4.69, 9.17) is 13.6 Å². The highest BCUT2D eigenvalue weighted by Crippen LogP contribution is 2.23. The molecule has 0 aromatic carbocycles. The van der Waals surface area contributed by atoms with E-state index in [-0.39, 0.29) is 0 Å². The van der Waals surface area contributed by atoms with E-state index in [1.807, 2.05) is 0 Å². The molecule has 1 N–H and O–H groups in total. The van der Waals surface area contributed by atoms with Gasteiger partial charge in [-0.2, -0.15) is 0 Å². The zero-order valence-electron chi connectivity index (χ0n) is 11.8. The van der Waals surface area contributed by atoms with Crippen LogP contribution in [-0.2, 0) is 8.54 Å². The molecule has 0 fully saturated rings. The first-order chi connectivity index (χ1) is 7.83. The Hall–Kier alpha value is 0.748. The van der Waals surface area contributed by atoms with E-state index in [1.54, 1.807) is 7.11 Å². The Morgan fingerprint density at radius 2 is 1.53 bits per heavy atom. The molecule has 0 aliphatic heterocycles. The van der Waals surface area contributed by atoms with Gasteiger partial charge in [-0.3, -0.25) is 0 Å². The molecule has 0 aromatic heterocycles. The highest BCUT2D eigenvalue weighted by atomic mass is 28.4. The van der Waals surface area contributed by atoms with Gasteiger partial charge in [0.05, 0.1) is 9.52 Å². The average Bonchev–Trinajstić information content (AvgIpc) is 2.16. The molecular formula is C10H26O3Si4. The van der Waals surface area contributed by atoms with Crippen LogP contribution < -0.4 is 0 Å². The van der Waals surface area contributed by atoms with E-state index in [0.717, 1.165) is 12.1 Å². The molecule has 0 unspecified atom stereocenters. The molecule has 0 aromatic rings. The SMILES string of the molecule is CO[Si]CC[Si](C)(C)O[Si](C)(C)CC[Si]CO. The third kappa shape index (κ3) is 10.4. The minimum absolute atomic E-state index is 0.334. The van der Waals surface area contributed by atoms with Crippen molar-refractivity contribution in [2.24, 2.45) is 0 Å². The minimum Gasteiger partial charge on any atom is -0.456 e. The van der Waals surface area contributed by atoms with Crippen molar-refractivity contribution in [2.45, 2.75) is 50.4 Å². The molecule has 0 atom stereocenters. The van der Waals surface area contributed by atoms with Crippen molar-refractivity contribution in [1.82, 2.24) is 0 Å². The molecule has 0 heterocycles. The maximum absolute atomic E-state index is 8.82. The van der Waals surface area contributed by atoms with Crippen molar-refractivity contribution >= 4 is 35.9 Å². The fourth-order valence-electron chi connectivity index (χ4n) is 1.77. The van der Waals surface area contributed by atoms with Crippen LogP contribution in [0.25, 0.3) is 0 Å². The number of rotatable bonds is 10. The fraction of sp³-hybridized carbons (Fsp3) is 1.00. The third-order valence-electron chi connectivity index (χ3n) is 2.54. The molecule has 4 radical (unpaired) electrons. The summed E-state index contributed by atoms with van der Waals surface area (Å²) >= 11 is 0. The van der Waals surface area contributed by atoms with Gasteiger partial charge in [-0.15, -0.1) is 0 Å². The van der Waals surface area contributed by atoms with Crippen LogP contribution in [0, 0.1) is 0 Å². The van der Waals surface area contributed by atoms with E-state index >= 15 is 0 Å². The maximum atomic E-state index is 8.82. The van der Waals surface area contributed by atoms with Crippen LogP contribution in [0.4, 0.5) is 0 Å². The van der Waals surface area contributed by atoms with E-state index in [9.17, 15) is 0 Å². The summed E-state index contributed by atoms with van der Waals surface area (Å²) in [6.45, 7) is 9.25. The second-order valence-corrected chi connectivity index (χ2v) is 16.7. The Balaban J connectivity index is 3.99. The molecule has 0 bridgehead atoms. The lowest BCUT2D eigenvalue weighted by molar-refractivity contribution is 0.365. The lowest BCUT2D eigenvalue weighted by Gasteiger charge is -2.34. The first kappa shape index (κ1) is 17.7. The summed E-state index contributed by atoms with van der Waals surface area (Å²) in [5.41, 5.74) is 0. The molecule has 0 saturated heterocycles. The number of hydrogen-bond donors (Lipinski definition) is 1. The topological polar surface area (TPSA) is 38.7 Å². The zero-order chi connectivity index (χ0) is 13.4. The lowest BCUT2D eigenvalue weighted by Crippen LogP contribution is -2.44. The summed E-state index contributed by atoms with van der Waals surface area (Å²) in [7, 11) is 0.0402. The van der Waals surface area contributed by atoms with Crippen LogP contribution in [0.2, 0.25) is 50.4 Å². The Morgan fingerprint density at radius 3 is 2.00 bits per heavy atom. The maximum Gasteiger partial charge on any atom is 0.228 e. The molecule has 0 rings (SSSR count). The van der Waals surface area contributed by atoms with E-state index in [0.29, 0.717) is 25.5 Å². The standard InChI is InChI=1S/C10H26O3Si4/c1-12-15-7-9-17(4,5)13-16(2,3)8-6-14-10-11/h11H,6-10H2,1-5H3. The van der Waals surface area contributed by atoms with Gasteiger partial charge in [0.15, 0.2) is 16.6 Å². The molecule has 17 heavy (non-hydrogen) atoms. The van der Waals surface area contributed by atoms with Crippen LogP contribution in [0.15, 0.2) is 0 Å². The highest BCUT2D eigenvalue weighted by molar-refractivity contribution is 6.85. The summed E-state index contributed by atoms with van der Waals surface area (Å²) in [6, 6.07) is 4.63. The van der Waals surface area contributed by atoms with Crippen molar-refractivity contribution in [3.63, 3.8) is 0 Å². The largest absolute Gasteiger partial charge is 0.456 e. The van der Waals surface area contributed by atoms with Gasteiger partial charge in [-0.25, -0.2) is 0 Å². The molecule has 7 heteroatoms. The lowest BCUT2D eigenvalue weighted by atomic mass is 10.9. The van der Waals surface area contributed by atoms with Crippen molar-refractivity contribution in [3.05, 3.63) is 0 Å².